The highest BCUT2D eigenvalue weighted by atomic mass is 32.1. The smallest absolute Gasteiger partial charge is 0.408 e. The molecule has 0 unspecified atom stereocenters. The van der Waals surface area contributed by atoms with Crippen molar-refractivity contribution in [2.24, 2.45) is 5.92 Å². The molecule has 0 saturated heterocycles. The minimum Gasteiger partial charge on any atom is -0.465 e. The number of carboxylic acid groups (broad SMARTS) is 1. The SMILES string of the molecule is CC(=O)Nc1csc(-c2ccc3c(=O)n(CC(C)C)c(CN(C(=O)O)C(C)(C)C)c(-c4ccccc4)c3c2)n1. The first-order valence-corrected chi connectivity index (χ1v) is 13.7. The summed E-state index contributed by atoms with van der Waals surface area (Å²) >= 11 is 1.40. The molecule has 0 atom stereocenters. The average Bonchev–Trinajstić information content (AvgIpc) is 3.31. The molecule has 2 aromatic heterocycles. The van der Waals surface area contributed by atoms with Crippen LogP contribution in [0.3, 0.4) is 0 Å². The van der Waals surface area contributed by atoms with Crippen molar-refractivity contribution in [2.75, 3.05) is 5.32 Å². The van der Waals surface area contributed by atoms with Crippen LogP contribution in [0.5, 0.6) is 0 Å². The third-order valence-electron chi connectivity index (χ3n) is 6.39. The molecule has 2 aromatic carbocycles. The Balaban J connectivity index is 2.06. The van der Waals surface area contributed by atoms with E-state index in [1.54, 1.807) is 9.95 Å². The number of carbonyl (C=O) groups is 2. The number of nitrogens with zero attached hydrogens (tertiary/aromatic N) is 3. The van der Waals surface area contributed by atoms with E-state index in [1.807, 2.05) is 83.1 Å². The van der Waals surface area contributed by atoms with E-state index < -0.39 is 11.6 Å². The lowest BCUT2D eigenvalue weighted by atomic mass is 9.94. The molecule has 0 bridgehead atoms. The molecule has 2 heterocycles. The Morgan fingerprint density at radius 2 is 1.77 bits per heavy atom. The lowest BCUT2D eigenvalue weighted by molar-refractivity contribution is -0.114. The monoisotopic (exact) mass is 546 g/mol. The van der Waals surface area contributed by atoms with Gasteiger partial charge in [-0.2, -0.15) is 0 Å². The molecule has 0 aliphatic carbocycles. The standard InChI is InChI=1S/C30H34N4O4S/c1-18(2)15-33-24(16-34(29(37)38)30(4,5)6)26(20-10-8-7-9-11-20)23-14-21(12-13-22(23)28(33)36)27-32-25(17-39-27)31-19(3)35/h7-14,17-18H,15-16H2,1-6H3,(H,31,35)(H,37,38). The normalized spacial score (nSPS) is 11.7. The van der Waals surface area contributed by atoms with Crippen LogP contribution in [0.4, 0.5) is 10.6 Å². The summed E-state index contributed by atoms with van der Waals surface area (Å²) in [5, 5.41) is 16.6. The molecule has 8 nitrogen and oxygen atoms in total. The van der Waals surface area contributed by atoms with E-state index >= 15 is 0 Å². The highest BCUT2D eigenvalue weighted by molar-refractivity contribution is 7.13. The van der Waals surface area contributed by atoms with Gasteiger partial charge in [0.2, 0.25) is 5.91 Å². The number of aromatic nitrogens is 2. The number of nitrogens with one attached hydrogen (secondary N) is 1. The summed E-state index contributed by atoms with van der Waals surface area (Å²) in [4.78, 5) is 43.8. The van der Waals surface area contributed by atoms with Gasteiger partial charge in [-0.25, -0.2) is 9.78 Å². The van der Waals surface area contributed by atoms with Gasteiger partial charge in [0.25, 0.3) is 5.56 Å². The molecule has 0 fully saturated rings. The lowest BCUT2D eigenvalue weighted by Crippen LogP contribution is -2.45. The molecule has 4 aromatic rings. The van der Waals surface area contributed by atoms with Gasteiger partial charge in [-0.05, 0) is 49.8 Å². The van der Waals surface area contributed by atoms with Crippen LogP contribution in [-0.2, 0) is 17.9 Å². The number of hydrogen-bond acceptors (Lipinski definition) is 5. The summed E-state index contributed by atoms with van der Waals surface area (Å²) in [6, 6.07) is 15.4. The Morgan fingerprint density at radius 1 is 1.08 bits per heavy atom. The maximum absolute atomic E-state index is 14.0. The molecule has 0 aliphatic rings. The zero-order chi connectivity index (χ0) is 28.5. The van der Waals surface area contributed by atoms with E-state index in [4.69, 9.17) is 0 Å². The van der Waals surface area contributed by atoms with E-state index in [-0.39, 0.29) is 23.9 Å². The molecule has 39 heavy (non-hydrogen) atoms. The van der Waals surface area contributed by atoms with Gasteiger partial charge in [0.1, 0.15) is 10.8 Å². The largest absolute Gasteiger partial charge is 0.465 e. The van der Waals surface area contributed by atoms with Crippen molar-refractivity contribution in [3.05, 3.63) is 70.0 Å². The van der Waals surface area contributed by atoms with Gasteiger partial charge in [0.15, 0.2) is 0 Å². The maximum Gasteiger partial charge on any atom is 0.408 e. The second-order valence-corrected chi connectivity index (χ2v) is 11.9. The number of rotatable bonds is 7. The van der Waals surface area contributed by atoms with E-state index in [2.05, 4.69) is 10.3 Å². The number of benzene rings is 2. The molecular weight excluding hydrogens is 512 g/mol. The van der Waals surface area contributed by atoms with Crippen molar-refractivity contribution in [3.8, 4) is 21.7 Å². The van der Waals surface area contributed by atoms with Crippen LogP contribution in [0, 0.1) is 5.92 Å². The third kappa shape index (κ3) is 6.04. The van der Waals surface area contributed by atoms with Crippen molar-refractivity contribution in [3.63, 3.8) is 0 Å². The van der Waals surface area contributed by atoms with Crippen LogP contribution in [0.1, 0.15) is 47.2 Å². The predicted molar refractivity (Wildman–Crippen MR) is 157 cm³/mol. The van der Waals surface area contributed by atoms with Crippen LogP contribution in [-0.4, -0.2) is 37.1 Å². The highest BCUT2D eigenvalue weighted by Crippen LogP contribution is 2.36. The van der Waals surface area contributed by atoms with E-state index in [0.717, 1.165) is 22.1 Å². The summed E-state index contributed by atoms with van der Waals surface area (Å²) < 4.78 is 1.75. The van der Waals surface area contributed by atoms with Crippen LogP contribution in [0.25, 0.3) is 32.5 Å². The summed E-state index contributed by atoms with van der Waals surface area (Å²) in [5.41, 5.74) is 2.33. The van der Waals surface area contributed by atoms with Crippen molar-refractivity contribution in [1.29, 1.82) is 0 Å². The predicted octanol–water partition coefficient (Wildman–Crippen LogP) is 6.68. The van der Waals surface area contributed by atoms with Gasteiger partial charge in [0, 0.05) is 46.6 Å². The Kier molecular flexibility index (Phi) is 7.92. The Morgan fingerprint density at radius 3 is 2.36 bits per heavy atom. The fourth-order valence-corrected chi connectivity index (χ4v) is 5.41. The van der Waals surface area contributed by atoms with Crippen LogP contribution >= 0.6 is 11.3 Å². The minimum atomic E-state index is -1.05. The maximum atomic E-state index is 14.0. The molecule has 204 valence electrons. The van der Waals surface area contributed by atoms with Crippen LogP contribution in [0.2, 0.25) is 0 Å². The van der Waals surface area contributed by atoms with Crippen molar-refractivity contribution >= 4 is 39.9 Å². The van der Waals surface area contributed by atoms with Crippen molar-refractivity contribution in [2.45, 2.75) is 60.2 Å². The van der Waals surface area contributed by atoms with Crippen molar-refractivity contribution < 1.29 is 14.7 Å². The quantitative estimate of drug-likeness (QED) is 0.269. The third-order valence-corrected chi connectivity index (χ3v) is 7.28. The molecule has 0 saturated carbocycles. The summed E-state index contributed by atoms with van der Waals surface area (Å²) in [6.07, 6.45) is -1.05. The second kappa shape index (κ2) is 11.0. The molecule has 0 aliphatic heterocycles. The van der Waals surface area contributed by atoms with Crippen molar-refractivity contribution in [1.82, 2.24) is 14.5 Å². The first kappa shape index (κ1) is 28.0. The highest BCUT2D eigenvalue weighted by Gasteiger charge is 2.30. The first-order chi connectivity index (χ1) is 18.4. The van der Waals surface area contributed by atoms with Gasteiger partial charge < -0.3 is 15.0 Å². The molecular formula is C30H34N4O4S. The van der Waals surface area contributed by atoms with E-state index in [9.17, 15) is 19.5 Å². The Hall–Kier alpha value is -3.98. The van der Waals surface area contributed by atoms with Gasteiger partial charge in [-0.3, -0.25) is 14.5 Å². The van der Waals surface area contributed by atoms with Gasteiger partial charge in [-0.1, -0.05) is 50.2 Å². The number of thiazole rings is 1. The molecule has 9 heteroatoms. The van der Waals surface area contributed by atoms with Crippen LogP contribution < -0.4 is 10.9 Å². The zero-order valence-electron chi connectivity index (χ0n) is 23.1. The Bertz CT molecular complexity index is 1580. The zero-order valence-corrected chi connectivity index (χ0v) is 23.9. The van der Waals surface area contributed by atoms with Gasteiger partial charge >= 0.3 is 6.09 Å². The molecule has 0 spiro atoms. The number of anilines is 1. The number of carbonyl (C=O) groups excluding carboxylic acids is 1. The number of amides is 2. The van der Waals surface area contributed by atoms with Crippen LogP contribution in [0.15, 0.2) is 58.7 Å². The second-order valence-electron chi connectivity index (χ2n) is 11.0. The minimum absolute atomic E-state index is 0.0507. The van der Waals surface area contributed by atoms with E-state index in [1.165, 1.54) is 23.2 Å². The molecule has 2 amide bonds. The fourth-order valence-electron chi connectivity index (χ4n) is 4.66. The molecule has 4 rings (SSSR count). The summed E-state index contributed by atoms with van der Waals surface area (Å²) in [5.74, 6) is 0.437. The van der Waals surface area contributed by atoms with E-state index in [0.29, 0.717) is 28.5 Å². The number of pyridine rings is 1. The summed E-state index contributed by atoms with van der Waals surface area (Å²) in [7, 11) is 0. The van der Waals surface area contributed by atoms with Gasteiger partial charge in [-0.15, -0.1) is 11.3 Å². The van der Waals surface area contributed by atoms with Gasteiger partial charge in [0.05, 0.1) is 6.54 Å². The Labute approximate surface area is 231 Å². The fraction of sp³-hybridized carbons (Fsp3) is 0.333. The summed E-state index contributed by atoms with van der Waals surface area (Å²) in [6.45, 7) is 11.6. The first-order valence-electron chi connectivity index (χ1n) is 12.9. The number of fused-ring (bicyclic) bond motifs is 1. The lowest BCUT2D eigenvalue weighted by Gasteiger charge is -2.35. The molecule has 0 radical (unpaired) electrons. The number of hydrogen-bond donors (Lipinski definition) is 2. The molecule has 2 N–H and O–H groups in total. The topological polar surface area (TPSA) is 105 Å². The average molecular weight is 547 g/mol.